The van der Waals surface area contributed by atoms with Gasteiger partial charge in [0.05, 0.1) is 29.4 Å². The summed E-state index contributed by atoms with van der Waals surface area (Å²) in [6.45, 7) is 0. The van der Waals surface area contributed by atoms with E-state index in [9.17, 15) is 4.79 Å². The van der Waals surface area contributed by atoms with Gasteiger partial charge in [-0.05, 0) is 59.7 Å². The predicted molar refractivity (Wildman–Crippen MR) is 147 cm³/mol. The van der Waals surface area contributed by atoms with Crippen molar-refractivity contribution in [3.05, 3.63) is 127 Å². The van der Waals surface area contributed by atoms with Gasteiger partial charge in [-0.25, -0.2) is 4.79 Å². The zero-order valence-corrected chi connectivity index (χ0v) is 19.8. The molecule has 0 unspecified atom stereocenters. The minimum absolute atomic E-state index is 0.363. The van der Waals surface area contributed by atoms with E-state index >= 15 is 0 Å². The Morgan fingerprint density at radius 1 is 0.639 bits per heavy atom. The van der Waals surface area contributed by atoms with Gasteiger partial charge >= 0.3 is 5.97 Å². The summed E-state index contributed by atoms with van der Waals surface area (Å²) in [5.41, 5.74) is 7.92. The molecule has 174 valence electrons. The normalized spacial score (nSPS) is 11.0. The molecule has 0 aliphatic carbocycles. The minimum atomic E-state index is -0.363. The Morgan fingerprint density at radius 2 is 1.17 bits per heavy atom. The van der Waals surface area contributed by atoms with Gasteiger partial charge in [-0.3, -0.25) is 0 Å². The summed E-state index contributed by atoms with van der Waals surface area (Å²) in [4.78, 5) is 12.1. The van der Waals surface area contributed by atoms with Crippen LogP contribution in [0.3, 0.4) is 0 Å². The van der Waals surface area contributed by atoms with Crippen LogP contribution in [-0.2, 0) is 4.74 Å². The molecule has 0 spiro atoms. The number of benzene rings is 5. The monoisotopic (exact) mass is 468 g/mol. The third kappa shape index (κ3) is 3.79. The number of aromatic nitrogens is 1. The van der Waals surface area contributed by atoms with Crippen molar-refractivity contribution in [1.29, 1.82) is 0 Å². The van der Waals surface area contributed by atoms with Crippen molar-refractivity contribution in [2.75, 3.05) is 12.4 Å². The summed E-state index contributed by atoms with van der Waals surface area (Å²) in [5, 5.41) is 5.84. The van der Waals surface area contributed by atoms with Crippen LogP contribution in [0, 0.1) is 0 Å². The van der Waals surface area contributed by atoms with Gasteiger partial charge in [-0.2, -0.15) is 0 Å². The maximum atomic E-state index is 12.1. The molecule has 0 aliphatic heterocycles. The number of anilines is 2. The average molecular weight is 469 g/mol. The van der Waals surface area contributed by atoms with E-state index in [0.29, 0.717) is 11.3 Å². The number of esters is 1. The van der Waals surface area contributed by atoms with Crippen molar-refractivity contribution in [2.45, 2.75) is 0 Å². The standard InChI is InChI=1S/C32H24N2O2/c1-36-32(35)28-10-2-5-11-29(28)33-24-18-14-22(15-19-24)23-16-20-25(21-17-23)34-30-12-6-3-8-26(30)27-9-4-7-13-31(27)34/h2-21,33H,1H3. The van der Waals surface area contributed by atoms with Gasteiger partial charge in [0.1, 0.15) is 0 Å². The molecule has 0 amide bonds. The number of nitrogens with zero attached hydrogens (tertiary/aromatic N) is 1. The molecule has 1 heterocycles. The first-order chi connectivity index (χ1) is 17.7. The lowest BCUT2D eigenvalue weighted by molar-refractivity contribution is 0.0602. The van der Waals surface area contributed by atoms with Crippen LogP contribution >= 0.6 is 0 Å². The fraction of sp³-hybridized carbons (Fsp3) is 0.0312. The summed E-state index contributed by atoms with van der Waals surface area (Å²) in [7, 11) is 1.39. The highest BCUT2D eigenvalue weighted by Crippen LogP contribution is 2.33. The summed E-state index contributed by atoms with van der Waals surface area (Å²) >= 11 is 0. The van der Waals surface area contributed by atoms with Gasteiger partial charge in [0.25, 0.3) is 0 Å². The van der Waals surface area contributed by atoms with Gasteiger partial charge in [0.2, 0.25) is 0 Å². The molecule has 1 N–H and O–H groups in total. The molecule has 0 aliphatic rings. The summed E-state index contributed by atoms with van der Waals surface area (Å²) in [5.74, 6) is -0.363. The largest absolute Gasteiger partial charge is 0.465 e. The van der Waals surface area contributed by atoms with Crippen molar-refractivity contribution in [2.24, 2.45) is 0 Å². The van der Waals surface area contributed by atoms with E-state index < -0.39 is 0 Å². The zero-order chi connectivity index (χ0) is 24.5. The van der Waals surface area contributed by atoms with E-state index in [1.165, 1.54) is 28.9 Å². The first-order valence-electron chi connectivity index (χ1n) is 11.9. The van der Waals surface area contributed by atoms with Crippen molar-refractivity contribution in [1.82, 2.24) is 4.57 Å². The molecule has 0 saturated heterocycles. The third-order valence-corrected chi connectivity index (χ3v) is 6.54. The number of para-hydroxylation sites is 3. The lowest BCUT2D eigenvalue weighted by Gasteiger charge is -2.12. The fourth-order valence-corrected chi connectivity index (χ4v) is 4.79. The zero-order valence-electron chi connectivity index (χ0n) is 19.8. The van der Waals surface area contributed by atoms with E-state index in [-0.39, 0.29) is 5.97 Å². The van der Waals surface area contributed by atoms with Crippen LogP contribution in [0.25, 0.3) is 38.6 Å². The lowest BCUT2D eigenvalue weighted by Crippen LogP contribution is -2.05. The molecule has 0 fully saturated rings. The first kappa shape index (κ1) is 21.7. The van der Waals surface area contributed by atoms with Gasteiger partial charge in [-0.15, -0.1) is 0 Å². The number of hydrogen-bond donors (Lipinski definition) is 1. The van der Waals surface area contributed by atoms with Crippen LogP contribution < -0.4 is 5.32 Å². The molecule has 5 aromatic carbocycles. The molecule has 4 heteroatoms. The number of carbonyl (C=O) groups excluding carboxylic acids is 1. The molecular weight excluding hydrogens is 444 g/mol. The number of rotatable bonds is 5. The highest BCUT2D eigenvalue weighted by Gasteiger charge is 2.12. The Labute approximate surface area is 209 Å². The van der Waals surface area contributed by atoms with Gasteiger partial charge in [0, 0.05) is 22.1 Å². The summed E-state index contributed by atoms with van der Waals surface area (Å²) in [6.07, 6.45) is 0. The Balaban J connectivity index is 1.29. The molecule has 0 saturated carbocycles. The number of methoxy groups -OCH3 is 1. The van der Waals surface area contributed by atoms with Crippen LogP contribution in [0.15, 0.2) is 121 Å². The Bertz CT molecular complexity index is 1640. The number of nitrogens with one attached hydrogen (secondary N) is 1. The maximum absolute atomic E-state index is 12.1. The van der Waals surface area contributed by atoms with Gasteiger partial charge in [0.15, 0.2) is 0 Å². The Hall–Kier alpha value is -4.83. The van der Waals surface area contributed by atoms with E-state index in [4.69, 9.17) is 4.74 Å². The van der Waals surface area contributed by atoms with Crippen LogP contribution in [0.4, 0.5) is 11.4 Å². The summed E-state index contributed by atoms with van der Waals surface area (Å²) in [6, 6.07) is 41.3. The van der Waals surface area contributed by atoms with Crippen LogP contribution in [-0.4, -0.2) is 17.6 Å². The second kappa shape index (κ2) is 9.08. The van der Waals surface area contributed by atoms with Crippen LogP contribution in [0.2, 0.25) is 0 Å². The van der Waals surface area contributed by atoms with Crippen molar-refractivity contribution in [3.8, 4) is 16.8 Å². The average Bonchev–Trinajstić information content (AvgIpc) is 3.28. The van der Waals surface area contributed by atoms with Crippen molar-refractivity contribution in [3.63, 3.8) is 0 Å². The highest BCUT2D eigenvalue weighted by atomic mass is 16.5. The van der Waals surface area contributed by atoms with E-state index in [2.05, 4.69) is 94.8 Å². The van der Waals surface area contributed by atoms with E-state index in [1.54, 1.807) is 6.07 Å². The summed E-state index contributed by atoms with van der Waals surface area (Å²) < 4.78 is 7.21. The van der Waals surface area contributed by atoms with E-state index in [0.717, 1.165) is 22.5 Å². The fourth-order valence-electron chi connectivity index (χ4n) is 4.79. The molecule has 0 bridgehead atoms. The molecule has 0 atom stereocenters. The quantitative estimate of drug-likeness (QED) is 0.261. The maximum Gasteiger partial charge on any atom is 0.339 e. The third-order valence-electron chi connectivity index (χ3n) is 6.54. The van der Waals surface area contributed by atoms with E-state index in [1.807, 2.05) is 30.3 Å². The molecule has 0 radical (unpaired) electrons. The predicted octanol–water partition coefficient (Wildman–Crippen LogP) is 7.98. The van der Waals surface area contributed by atoms with Crippen molar-refractivity contribution < 1.29 is 9.53 Å². The van der Waals surface area contributed by atoms with Crippen molar-refractivity contribution >= 4 is 39.1 Å². The molecule has 6 rings (SSSR count). The SMILES string of the molecule is COC(=O)c1ccccc1Nc1ccc(-c2ccc(-n3c4ccccc4c4ccccc43)cc2)cc1. The second-order valence-corrected chi connectivity index (χ2v) is 8.66. The second-order valence-electron chi connectivity index (χ2n) is 8.66. The molecule has 6 aromatic rings. The first-order valence-corrected chi connectivity index (χ1v) is 11.9. The Kier molecular flexibility index (Phi) is 5.47. The number of fused-ring (bicyclic) bond motifs is 3. The Morgan fingerprint density at radius 3 is 1.78 bits per heavy atom. The topological polar surface area (TPSA) is 43.3 Å². The van der Waals surface area contributed by atoms with Gasteiger partial charge < -0.3 is 14.6 Å². The highest BCUT2D eigenvalue weighted by molar-refractivity contribution is 6.09. The smallest absolute Gasteiger partial charge is 0.339 e. The molecule has 4 nitrogen and oxygen atoms in total. The minimum Gasteiger partial charge on any atom is -0.465 e. The van der Waals surface area contributed by atoms with Crippen LogP contribution in [0.5, 0.6) is 0 Å². The molecule has 36 heavy (non-hydrogen) atoms. The van der Waals surface area contributed by atoms with Crippen LogP contribution in [0.1, 0.15) is 10.4 Å². The molecule has 1 aromatic heterocycles. The number of hydrogen-bond acceptors (Lipinski definition) is 3. The lowest BCUT2D eigenvalue weighted by atomic mass is 10.0. The van der Waals surface area contributed by atoms with Gasteiger partial charge in [-0.1, -0.05) is 72.8 Å². The molecular formula is C32H24N2O2. The number of ether oxygens (including phenoxy) is 1. The number of carbonyl (C=O) groups is 1.